The second-order valence-electron chi connectivity index (χ2n) is 9.19. The highest BCUT2D eigenvalue weighted by molar-refractivity contribution is 6.04. The maximum absolute atomic E-state index is 13.1. The maximum Gasteiger partial charge on any atom is 0.274 e. The summed E-state index contributed by atoms with van der Waals surface area (Å²) in [6.45, 7) is 6.87. The molecular weight excluding hydrogens is 432 g/mol. The van der Waals surface area contributed by atoms with Crippen LogP contribution in [0.15, 0.2) is 54.9 Å². The topological polar surface area (TPSA) is 105 Å². The Morgan fingerprint density at radius 1 is 1.18 bits per heavy atom. The number of pyridine rings is 2. The fourth-order valence-electron chi connectivity index (χ4n) is 3.73. The van der Waals surface area contributed by atoms with Gasteiger partial charge in [0.1, 0.15) is 11.4 Å². The Bertz CT molecular complexity index is 1180. The van der Waals surface area contributed by atoms with E-state index in [2.05, 4.69) is 26.5 Å². The molecule has 0 bridgehead atoms. The highest BCUT2D eigenvalue weighted by Gasteiger charge is 2.26. The molecule has 0 spiro atoms. The van der Waals surface area contributed by atoms with E-state index in [1.54, 1.807) is 30.2 Å². The molecule has 2 N–H and O–H groups in total. The van der Waals surface area contributed by atoms with Crippen molar-refractivity contribution in [3.63, 3.8) is 0 Å². The minimum atomic E-state index is -1.01. The average molecular weight is 463 g/mol. The Kier molecular flexibility index (Phi) is 6.87. The third-order valence-corrected chi connectivity index (χ3v) is 5.25. The molecule has 0 saturated heterocycles. The molecule has 0 aliphatic carbocycles. The molecule has 0 fully saturated rings. The van der Waals surface area contributed by atoms with Crippen LogP contribution in [0, 0.1) is 0 Å². The van der Waals surface area contributed by atoms with Crippen molar-refractivity contribution in [1.29, 1.82) is 0 Å². The SMILES string of the molecule is Cn1cc(NC(=O)c2cccc(C3=CCCN(C(O)OC(C)(C)C)C3)n2)c(-c2ccccn2)n1. The first-order valence-corrected chi connectivity index (χ1v) is 11.2. The lowest BCUT2D eigenvalue weighted by Gasteiger charge is -2.34. The minimum absolute atomic E-state index is 0.290. The van der Waals surface area contributed by atoms with E-state index < -0.39 is 12.0 Å². The number of nitrogens with one attached hydrogen (secondary N) is 1. The van der Waals surface area contributed by atoms with Gasteiger partial charge in [0, 0.05) is 32.5 Å². The lowest BCUT2D eigenvalue weighted by molar-refractivity contribution is -0.236. The Hall–Kier alpha value is -3.40. The zero-order valence-corrected chi connectivity index (χ0v) is 19.9. The van der Waals surface area contributed by atoms with Gasteiger partial charge in [0.2, 0.25) is 6.41 Å². The Morgan fingerprint density at radius 2 is 1.97 bits per heavy atom. The average Bonchev–Trinajstić information content (AvgIpc) is 3.18. The van der Waals surface area contributed by atoms with E-state index in [1.165, 1.54) is 0 Å². The van der Waals surface area contributed by atoms with Gasteiger partial charge in [-0.05, 0) is 57.0 Å². The van der Waals surface area contributed by atoms with E-state index in [4.69, 9.17) is 4.74 Å². The number of aryl methyl sites for hydroxylation is 1. The third kappa shape index (κ3) is 5.74. The summed E-state index contributed by atoms with van der Waals surface area (Å²) in [7, 11) is 1.79. The molecule has 0 aromatic carbocycles. The van der Waals surface area contributed by atoms with Gasteiger partial charge in [0.05, 0.1) is 22.7 Å². The zero-order chi connectivity index (χ0) is 24.3. The molecular formula is C25H30N6O3. The second kappa shape index (κ2) is 9.84. The van der Waals surface area contributed by atoms with Gasteiger partial charge in [-0.1, -0.05) is 18.2 Å². The quantitative estimate of drug-likeness (QED) is 0.542. The van der Waals surface area contributed by atoms with Crippen molar-refractivity contribution in [3.8, 4) is 11.4 Å². The number of amides is 1. The molecule has 1 aliphatic rings. The molecule has 34 heavy (non-hydrogen) atoms. The molecule has 3 aromatic rings. The molecule has 4 heterocycles. The van der Waals surface area contributed by atoms with Crippen molar-refractivity contribution in [3.05, 3.63) is 66.3 Å². The standard InChI is InChI=1S/C25H30N6O3/c1-25(2,3)34-24(33)31-14-8-9-17(15-31)18-11-7-12-20(27-18)23(32)28-21-16-30(4)29-22(21)19-10-5-6-13-26-19/h5-7,9-13,16,24,33H,8,14-15H2,1-4H3,(H,28,32). The first-order chi connectivity index (χ1) is 16.2. The molecule has 0 radical (unpaired) electrons. The van der Waals surface area contributed by atoms with E-state index in [1.807, 2.05) is 56.0 Å². The van der Waals surface area contributed by atoms with Crippen molar-refractivity contribution in [2.45, 2.75) is 39.2 Å². The van der Waals surface area contributed by atoms with Crippen molar-refractivity contribution >= 4 is 17.2 Å². The largest absolute Gasteiger partial charge is 0.356 e. The van der Waals surface area contributed by atoms with Crippen LogP contribution in [0.3, 0.4) is 0 Å². The van der Waals surface area contributed by atoms with Crippen molar-refractivity contribution < 1.29 is 14.6 Å². The monoisotopic (exact) mass is 462 g/mol. The van der Waals surface area contributed by atoms with Gasteiger partial charge in [0.15, 0.2) is 0 Å². The minimum Gasteiger partial charge on any atom is -0.356 e. The normalized spacial score (nSPS) is 15.6. The number of ether oxygens (including phenoxy) is 1. The van der Waals surface area contributed by atoms with Gasteiger partial charge >= 0.3 is 0 Å². The molecule has 1 amide bonds. The Morgan fingerprint density at radius 3 is 2.71 bits per heavy atom. The number of carbonyl (C=O) groups is 1. The summed E-state index contributed by atoms with van der Waals surface area (Å²) in [5.74, 6) is -0.337. The number of aliphatic hydroxyl groups is 1. The highest BCUT2D eigenvalue weighted by Crippen LogP contribution is 2.26. The first kappa shape index (κ1) is 23.7. The molecule has 0 saturated carbocycles. The van der Waals surface area contributed by atoms with Crippen molar-refractivity contribution in [2.75, 3.05) is 18.4 Å². The summed E-state index contributed by atoms with van der Waals surface area (Å²) in [5.41, 5.74) is 3.28. The van der Waals surface area contributed by atoms with Crippen LogP contribution in [0.2, 0.25) is 0 Å². The van der Waals surface area contributed by atoms with Gasteiger partial charge in [0.25, 0.3) is 5.91 Å². The predicted octanol–water partition coefficient (Wildman–Crippen LogP) is 3.31. The van der Waals surface area contributed by atoms with Crippen LogP contribution in [0.5, 0.6) is 0 Å². The molecule has 1 atom stereocenters. The summed E-state index contributed by atoms with van der Waals surface area (Å²) in [5, 5.41) is 17.8. The van der Waals surface area contributed by atoms with E-state index in [0.717, 1.165) is 12.0 Å². The van der Waals surface area contributed by atoms with Crippen LogP contribution in [0.1, 0.15) is 43.4 Å². The summed E-state index contributed by atoms with van der Waals surface area (Å²) < 4.78 is 7.33. The number of hydrogen-bond donors (Lipinski definition) is 2. The lowest BCUT2D eigenvalue weighted by atomic mass is 10.1. The number of hydrogen-bond acceptors (Lipinski definition) is 7. The van der Waals surface area contributed by atoms with Crippen LogP contribution in [-0.4, -0.2) is 60.8 Å². The maximum atomic E-state index is 13.1. The number of carbonyl (C=O) groups excluding carboxylic acids is 1. The smallest absolute Gasteiger partial charge is 0.274 e. The van der Waals surface area contributed by atoms with Gasteiger partial charge in [-0.2, -0.15) is 5.10 Å². The summed E-state index contributed by atoms with van der Waals surface area (Å²) in [6, 6.07) is 10.9. The van der Waals surface area contributed by atoms with Crippen LogP contribution in [0.25, 0.3) is 17.0 Å². The molecule has 4 rings (SSSR count). The number of rotatable bonds is 6. The van der Waals surface area contributed by atoms with Gasteiger partial charge in [-0.3, -0.25) is 19.4 Å². The fraction of sp³-hybridized carbons (Fsp3) is 0.360. The van der Waals surface area contributed by atoms with E-state index in [9.17, 15) is 9.90 Å². The summed E-state index contributed by atoms with van der Waals surface area (Å²) in [6.07, 6.45) is 5.26. The molecule has 9 nitrogen and oxygen atoms in total. The highest BCUT2D eigenvalue weighted by atomic mass is 16.6. The van der Waals surface area contributed by atoms with Gasteiger partial charge in [-0.25, -0.2) is 4.98 Å². The number of aromatic nitrogens is 4. The van der Waals surface area contributed by atoms with Crippen molar-refractivity contribution in [2.24, 2.45) is 7.05 Å². The number of nitrogens with zero attached hydrogens (tertiary/aromatic N) is 5. The predicted molar refractivity (Wildman–Crippen MR) is 130 cm³/mol. The van der Waals surface area contributed by atoms with E-state index in [0.29, 0.717) is 35.9 Å². The van der Waals surface area contributed by atoms with Gasteiger partial charge in [-0.15, -0.1) is 0 Å². The fourth-order valence-corrected chi connectivity index (χ4v) is 3.73. The van der Waals surface area contributed by atoms with Crippen LogP contribution < -0.4 is 5.32 Å². The van der Waals surface area contributed by atoms with Gasteiger partial charge < -0.3 is 15.2 Å². The molecule has 9 heteroatoms. The third-order valence-electron chi connectivity index (χ3n) is 5.25. The van der Waals surface area contributed by atoms with E-state index >= 15 is 0 Å². The molecule has 178 valence electrons. The van der Waals surface area contributed by atoms with E-state index in [-0.39, 0.29) is 11.6 Å². The Balaban J connectivity index is 1.50. The molecule has 1 unspecified atom stereocenters. The van der Waals surface area contributed by atoms with Crippen LogP contribution >= 0.6 is 0 Å². The zero-order valence-electron chi connectivity index (χ0n) is 19.9. The Labute approximate surface area is 199 Å². The summed E-state index contributed by atoms with van der Waals surface area (Å²) >= 11 is 0. The number of anilines is 1. The molecule has 3 aromatic heterocycles. The van der Waals surface area contributed by atoms with Crippen molar-refractivity contribution in [1.82, 2.24) is 24.6 Å². The van der Waals surface area contributed by atoms with Crippen LogP contribution in [-0.2, 0) is 11.8 Å². The first-order valence-electron chi connectivity index (χ1n) is 11.2. The summed E-state index contributed by atoms with van der Waals surface area (Å²) in [4.78, 5) is 23.8. The second-order valence-corrected chi connectivity index (χ2v) is 9.19. The lowest BCUT2D eigenvalue weighted by Crippen LogP contribution is -2.44. The number of aliphatic hydroxyl groups excluding tert-OH is 1. The van der Waals surface area contributed by atoms with Crippen LogP contribution in [0.4, 0.5) is 5.69 Å². The molecule has 1 aliphatic heterocycles.